The topological polar surface area (TPSA) is 52.2 Å². The summed E-state index contributed by atoms with van der Waals surface area (Å²) < 4.78 is 0. The molecule has 0 aromatic carbocycles. The lowest BCUT2D eigenvalue weighted by atomic mass is 9.94. The minimum atomic E-state index is 0.0316. The number of pyridine rings is 1. The predicted molar refractivity (Wildman–Crippen MR) is 95.2 cm³/mol. The second-order valence-corrected chi connectivity index (χ2v) is 6.44. The standard InChI is InChI=1S/C19H24N4O/c1-22-12-9-16(19(22)15-5-3-10-20-13-15)14-23(2)18(24)8-7-17-6-4-11-21-17/h3-8,10-11,13,16,19,21H,9,12,14H2,1-2H3/b8-7+/t16-,19-/m0/s1. The van der Waals surface area contributed by atoms with Crippen LogP contribution in [0.4, 0.5) is 0 Å². The Labute approximate surface area is 143 Å². The Morgan fingerprint density at radius 3 is 3.04 bits per heavy atom. The Morgan fingerprint density at radius 1 is 1.46 bits per heavy atom. The Hall–Kier alpha value is -2.40. The summed E-state index contributed by atoms with van der Waals surface area (Å²) >= 11 is 0. The van der Waals surface area contributed by atoms with Crippen LogP contribution in [0.5, 0.6) is 0 Å². The number of aromatic nitrogens is 2. The summed E-state index contributed by atoms with van der Waals surface area (Å²) in [6.07, 6.45) is 10.1. The van der Waals surface area contributed by atoms with Gasteiger partial charge >= 0.3 is 0 Å². The van der Waals surface area contributed by atoms with Crippen LogP contribution in [0.3, 0.4) is 0 Å². The molecule has 24 heavy (non-hydrogen) atoms. The number of nitrogens with zero attached hydrogens (tertiary/aromatic N) is 3. The van der Waals surface area contributed by atoms with Gasteiger partial charge in [0.1, 0.15) is 0 Å². The van der Waals surface area contributed by atoms with Crippen molar-refractivity contribution >= 4 is 12.0 Å². The maximum Gasteiger partial charge on any atom is 0.246 e. The second kappa shape index (κ2) is 7.45. The van der Waals surface area contributed by atoms with Gasteiger partial charge < -0.3 is 9.88 Å². The Kier molecular flexibility index (Phi) is 5.11. The van der Waals surface area contributed by atoms with E-state index >= 15 is 0 Å². The highest BCUT2D eigenvalue weighted by Gasteiger charge is 2.34. The fourth-order valence-electron chi connectivity index (χ4n) is 3.47. The summed E-state index contributed by atoms with van der Waals surface area (Å²) in [5.41, 5.74) is 2.16. The van der Waals surface area contributed by atoms with Crippen LogP contribution in [0.2, 0.25) is 0 Å². The lowest BCUT2D eigenvalue weighted by Crippen LogP contribution is -2.33. The predicted octanol–water partition coefficient (Wildman–Crippen LogP) is 2.57. The van der Waals surface area contributed by atoms with Crippen molar-refractivity contribution in [3.05, 3.63) is 60.2 Å². The van der Waals surface area contributed by atoms with Crippen molar-refractivity contribution in [2.75, 3.05) is 27.2 Å². The van der Waals surface area contributed by atoms with Gasteiger partial charge in [-0.1, -0.05) is 6.07 Å². The number of H-pyrrole nitrogens is 1. The van der Waals surface area contributed by atoms with Crippen molar-refractivity contribution in [3.8, 4) is 0 Å². The van der Waals surface area contributed by atoms with Gasteiger partial charge in [-0.25, -0.2) is 0 Å². The number of nitrogens with one attached hydrogen (secondary N) is 1. The summed E-state index contributed by atoms with van der Waals surface area (Å²) in [7, 11) is 4.02. The first kappa shape index (κ1) is 16.5. The second-order valence-electron chi connectivity index (χ2n) is 6.44. The van der Waals surface area contributed by atoms with E-state index in [1.165, 1.54) is 5.56 Å². The molecule has 2 aromatic heterocycles. The fraction of sp³-hybridized carbons (Fsp3) is 0.368. The SMILES string of the molecule is CN(C[C@@H]1CCN(C)[C@H]1c1cccnc1)C(=O)/C=C/c1ccc[nH]1. The van der Waals surface area contributed by atoms with Crippen molar-refractivity contribution in [2.24, 2.45) is 5.92 Å². The number of amides is 1. The highest BCUT2D eigenvalue weighted by atomic mass is 16.2. The summed E-state index contributed by atoms with van der Waals surface area (Å²) in [6.45, 7) is 1.79. The van der Waals surface area contributed by atoms with Gasteiger partial charge in [-0.3, -0.25) is 14.7 Å². The molecule has 1 saturated heterocycles. The van der Waals surface area contributed by atoms with Crippen LogP contribution in [-0.4, -0.2) is 52.9 Å². The Morgan fingerprint density at radius 2 is 2.33 bits per heavy atom. The number of aromatic amines is 1. The fourth-order valence-corrected chi connectivity index (χ4v) is 3.47. The van der Waals surface area contributed by atoms with E-state index in [2.05, 4.69) is 28.0 Å². The first-order valence-corrected chi connectivity index (χ1v) is 8.32. The lowest BCUT2D eigenvalue weighted by Gasteiger charge is -2.28. The molecule has 2 aromatic rings. The van der Waals surface area contributed by atoms with Crippen molar-refractivity contribution in [1.29, 1.82) is 0 Å². The normalized spacial score (nSPS) is 21.4. The lowest BCUT2D eigenvalue weighted by molar-refractivity contribution is -0.125. The third kappa shape index (κ3) is 3.74. The number of hydrogen-bond acceptors (Lipinski definition) is 3. The molecule has 1 fully saturated rings. The van der Waals surface area contributed by atoms with Gasteiger partial charge in [0, 0.05) is 50.0 Å². The molecular weight excluding hydrogens is 300 g/mol. The average Bonchev–Trinajstić information content (AvgIpc) is 3.23. The number of likely N-dealkylation sites (tertiary alicyclic amines) is 1. The summed E-state index contributed by atoms with van der Waals surface area (Å²) in [6, 6.07) is 8.28. The van der Waals surface area contributed by atoms with Gasteiger partial charge in [-0.05, 0) is 55.8 Å². The van der Waals surface area contributed by atoms with Crippen molar-refractivity contribution < 1.29 is 4.79 Å². The summed E-state index contributed by atoms with van der Waals surface area (Å²) in [5, 5.41) is 0. The molecule has 0 unspecified atom stereocenters. The molecule has 0 bridgehead atoms. The zero-order chi connectivity index (χ0) is 16.9. The van der Waals surface area contributed by atoms with Crippen LogP contribution in [0.15, 0.2) is 48.9 Å². The highest BCUT2D eigenvalue weighted by molar-refractivity contribution is 5.91. The van der Waals surface area contributed by atoms with Gasteiger partial charge in [-0.2, -0.15) is 0 Å². The number of likely N-dealkylation sites (N-methyl/N-ethyl adjacent to an activating group) is 1. The zero-order valence-electron chi connectivity index (χ0n) is 14.2. The molecule has 1 aliphatic rings. The molecule has 0 spiro atoms. The summed E-state index contributed by atoms with van der Waals surface area (Å²) in [4.78, 5) is 23.8. The molecule has 3 heterocycles. The molecule has 1 amide bonds. The van der Waals surface area contributed by atoms with Gasteiger partial charge in [0.25, 0.3) is 0 Å². The monoisotopic (exact) mass is 324 g/mol. The largest absolute Gasteiger partial charge is 0.362 e. The first-order valence-electron chi connectivity index (χ1n) is 8.32. The summed E-state index contributed by atoms with van der Waals surface area (Å²) in [5.74, 6) is 0.455. The molecular formula is C19H24N4O. The van der Waals surface area contributed by atoms with Crippen LogP contribution in [0.25, 0.3) is 6.08 Å². The maximum absolute atomic E-state index is 12.3. The van der Waals surface area contributed by atoms with Gasteiger partial charge in [-0.15, -0.1) is 0 Å². The van der Waals surface area contributed by atoms with Gasteiger partial charge in [0.2, 0.25) is 5.91 Å². The van der Waals surface area contributed by atoms with Crippen LogP contribution >= 0.6 is 0 Å². The van der Waals surface area contributed by atoms with Crippen molar-refractivity contribution in [3.63, 3.8) is 0 Å². The number of carbonyl (C=O) groups is 1. The average molecular weight is 324 g/mol. The quantitative estimate of drug-likeness (QED) is 0.860. The van der Waals surface area contributed by atoms with E-state index in [1.54, 1.807) is 12.3 Å². The number of rotatable bonds is 5. The van der Waals surface area contributed by atoms with E-state index in [-0.39, 0.29) is 5.91 Å². The minimum absolute atomic E-state index is 0.0316. The van der Waals surface area contributed by atoms with E-state index in [0.29, 0.717) is 12.0 Å². The van der Waals surface area contributed by atoms with E-state index in [1.807, 2.05) is 48.6 Å². The molecule has 2 atom stereocenters. The molecule has 0 aliphatic carbocycles. The van der Waals surface area contributed by atoms with Gasteiger partial charge in [0.05, 0.1) is 0 Å². The van der Waals surface area contributed by atoms with Crippen molar-refractivity contribution in [1.82, 2.24) is 19.8 Å². The smallest absolute Gasteiger partial charge is 0.246 e. The van der Waals surface area contributed by atoms with Crippen LogP contribution in [-0.2, 0) is 4.79 Å². The maximum atomic E-state index is 12.3. The van der Waals surface area contributed by atoms with Gasteiger partial charge in [0.15, 0.2) is 0 Å². The van der Waals surface area contributed by atoms with E-state index < -0.39 is 0 Å². The van der Waals surface area contributed by atoms with E-state index in [9.17, 15) is 4.79 Å². The minimum Gasteiger partial charge on any atom is -0.362 e. The molecule has 0 radical (unpaired) electrons. The van der Waals surface area contributed by atoms with E-state index in [4.69, 9.17) is 0 Å². The number of carbonyl (C=O) groups excluding carboxylic acids is 1. The van der Waals surface area contributed by atoms with Crippen LogP contribution in [0.1, 0.15) is 23.7 Å². The zero-order valence-corrected chi connectivity index (χ0v) is 14.2. The Balaban J connectivity index is 1.64. The third-order valence-electron chi connectivity index (χ3n) is 4.71. The molecule has 1 aliphatic heterocycles. The molecule has 3 rings (SSSR count). The molecule has 5 nitrogen and oxygen atoms in total. The van der Waals surface area contributed by atoms with Crippen molar-refractivity contribution in [2.45, 2.75) is 12.5 Å². The first-order chi connectivity index (χ1) is 11.6. The Bertz CT molecular complexity index is 681. The van der Waals surface area contributed by atoms with E-state index in [0.717, 1.165) is 25.2 Å². The molecule has 0 saturated carbocycles. The third-order valence-corrected chi connectivity index (χ3v) is 4.71. The molecule has 126 valence electrons. The molecule has 1 N–H and O–H groups in total. The highest BCUT2D eigenvalue weighted by Crippen LogP contribution is 2.36. The van der Waals surface area contributed by atoms with Crippen LogP contribution < -0.4 is 0 Å². The van der Waals surface area contributed by atoms with Crippen LogP contribution in [0, 0.1) is 5.92 Å². The number of hydrogen-bond donors (Lipinski definition) is 1. The molecule has 5 heteroatoms.